The monoisotopic (exact) mass is 250 g/mol. The van der Waals surface area contributed by atoms with E-state index in [1.54, 1.807) is 20.8 Å². The lowest BCUT2D eigenvalue weighted by atomic mass is 10.1. The van der Waals surface area contributed by atoms with Crippen molar-refractivity contribution in [2.45, 2.75) is 20.8 Å². The third-order valence-electron chi connectivity index (χ3n) is 2.32. The van der Waals surface area contributed by atoms with Gasteiger partial charge < -0.3 is 14.5 Å². The Balaban J connectivity index is 3.23. The number of aromatic amines is 1. The summed E-state index contributed by atoms with van der Waals surface area (Å²) < 4.78 is 9.67. The summed E-state index contributed by atoms with van der Waals surface area (Å²) in [6.07, 6.45) is 0. The highest BCUT2D eigenvalue weighted by Gasteiger charge is 2.25. The third kappa shape index (κ3) is 2.51. The molecular formula is C12H14N2O4. The number of hydrogen-bond acceptors (Lipinski definition) is 5. The summed E-state index contributed by atoms with van der Waals surface area (Å²) in [5.41, 5.74) is 0.566. The van der Waals surface area contributed by atoms with E-state index in [0.29, 0.717) is 5.56 Å². The van der Waals surface area contributed by atoms with Gasteiger partial charge >= 0.3 is 11.9 Å². The van der Waals surface area contributed by atoms with E-state index >= 15 is 0 Å². The average molecular weight is 250 g/mol. The second kappa shape index (κ2) is 5.87. The topological polar surface area (TPSA) is 92.2 Å². The molecular weight excluding hydrogens is 236 g/mol. The van der Waals surface area contributed by atoms with Gasteiger partial charge in [0.15, 0.2) is 0 Å². The molecule has 0 bridgehead atoms. The molecule has 0 aliphatic heterocycles. The first kappa shape index (κ1) is 13.8. The summed E-state index contributed by atoms with van der Waals surface area (Å²) in [5.74, 6) is -1.22. The molecule has 0 unspecified atom stereocenters. The predicted molar refractivity (Wildman–Crippen MR) is 62.2 cm³/mol. The van der Waals surface area contributed by atoms with Gasteiger partial charge in [0, 0.05) is 0 Å². The van der Waals surface area contributed by atoms with E-state index in [-0.39, 0.29) is 30.2 Å². The van der Waals surface area contributed by atoms with Crippen molar-refractivity contribution in [2.24, 2.45) is 0 Å². The van der Waals surface area contributed by atoms with E-state index in [1.807, 2.05) is 6.07 Å². The zero-order chi connectivity index (χ0) is 13.7. The summed E-state index contributed by atoms with van der Waals surface area (Å²) in [4.78, 5) is 25.9. The Hall–Kier alpha value is -2.29. The predicted octanol–water partition coefficient (Wildman–Crippen LogP) is 1.55. The van der Waals surface area contributed by atoms with Crippen LogP contribution in [0.5, 0.6) is 0 Å². The van der Waals surface area contributed by atoms with Crippen LogP contribution in [0.1, 0.15) is 46.0 Å². The first-order chi connectivity index (χ1) is 8.56. The molecule has 1 heterocycles. The van der Waals surface area contributed by atoms with Gasteiger partial charge in [-0.2, -0.15) is 5.26 Å². The molecule has 0 spiro atoms. The van der Waals surface area contributed by atoms with Crippen LogP contribution >= 0.6 is 0 Å². The maximum Gasteiger partial charge on any atom is 0.355 e. The van der Waals surface area contributed by atoms with Gasteiger partial charge in [0.05, 0.1) is 18.8 Å². The second-order valence-corrected chi connectivity index (χ2v) is 3.43. The van der Waals surface area contributed by atoms with Crippen molar-refractivity contribution in [1.29, 1.82) is 5.26 Å². The summed E-state index contributed by atoms with van der Waals surface area (Å²) in [5, 5.41) is 8.94. The number of carbonyl (C=O) groups is 2. The smallest absolute Gasteiger partial charge is 0.355 e. The van der Waals surface area contributed by atoms with Gasteiger partial charge in [-0.15, -0.1) is 0 Å². The minimum absolute atomic E-state index is 0.00834. The van der Waals surface area contributed by atoms with E-state index in [0.717, 1.165) is 0 Å². The molecule has 0 atom stereocenters. The van der Waals surface area contributed by atoms with Crippen LogP contribution in [0.3, 0.4) is 0 Å². The zero-order valence-corrected chi connectivity index (χ0v) is 10.5. The van der Waals surface area contributed by atoms with Crippen molar-refractivity contribution in [1.82, 2.24) is 4.98 Å². The Labute approximate surface area is 105 Å². The Morgan fingerprint density at radius 1 is 1.22 bits per heavy atom. The van der Waals surface area contributed by atoms with Crippen LogP contribution in [-0.2, 0) is 9.47 Å². The Morgan fingerprint density at radius 3 is 2.28 bits per heavy atom. The quantitative estimate of drug-likeness (QED) is 0.818. The number of nitriles is 1. The van der Waals surface area contributed by atoms with Crippen molar-refractivity contribution >= 4 is 11.9 Å². The first-order valence-corrected chi connectivity index (χ1v) is 5.53. The molecule has 1 aromatic rings. The highest BCUT2D eigenvalue weighted by molar-refractivity contribution is 5.99. The molecule has 0 aromatic carbocycles. The van der Waals surface area contributed by atoms with Crippen molar-refractivity contribution in [3.63, 3.8) is 0 Å². The molecule has 0 aliphatic rings. The molecule has 0 amide bonds. The van der Waals surface area contributed by atoms with Crippen LogP contribution in [0.25, 0.3) is 0 Å². The molecule has 6 nitrogen and oxygen atoms in total. The number of H-pyrrole nitrogens is 1. The van der Waals surface area contributed by atoms with Crippen LogP contribution < -0.4 is 0 Å². The largest absolute Gasteiger partial charge is 0.462 e. The Kier molecular flexibility index (Phi) is 4.49. The number of esters is 2. The molecule has 6 heteroatoms. The SMILES string of the molecule is CCOC(=O)c1[nH]c(C#N)c(C(=O)OCC)c1C. The minimum atomic E-state index is -0.627. The number of nitrogens with one attached hydrogen (secondary N) is 1. The zero-order valence-electron chi connectivity index (χ0n) is 10.5. The van der Waals surface area contributed by atoms with Gasteiger partial charge in [0.1, 0.15) is 17.5 Å². The van der Waals surface area contributed by atoms with E-state index < -0.39 is 11.9 Å². The van der Waals surface area contributed by atoms with Crippen LogP contribution in [-0.4, -0.2) is 30.1 Å². The summed E-state index contributed by atoms with van der Waals surface area (Å²) >= 11 is 0. The molecule has 0 fully saturated rings. The highest BCUT2D eigenvalue weighted by atomic mass is 16.5. The van der Waals surface area contributed by atoms with E-state index in [1.165, 1.54) is 0 Å². The minimum Gasteiger partial charge on any atom is -0.462 e. The Bertz CT molecular complexity index is 511. The number of nitrogens with zero attached hydrogens (tertiary/aromatic N) is 1. The number of carbonyl (C=O) groups excluding carboxylic acids is 2. The number of rotatable bonds is 4. The third-order valence-corrected chi connectivity index (χ3v) is 2.32. The van der Waals surface area contributed by atoms with Crippen molar-refractivity contribution < 1.29 is 19.1 Å². The molecule has 0 radical (unpaired) electrons. The molecule has 18 heavy (non-hydrogen) atoms. The van der Waals surface area contributed by atoms with E-state index in [2.05, 4.69) is 4.98 Å². The molecule has 1 N–H and O–H groups in total. The van der Waals surface area contributed by atoms with Crippen LogP contribution in [0, 0.1) is 18.3 Å². The van der Waals surface area contributed by atoms with Gasteiger partial charge in [-0.1, -0.05) is 0 Å². The molecule has 96 valence electrons. The lowest BCUT2D eigenvalue weighted by Crippen LogP contribution is -2.09. The molecule has 1 aromatic heterocycles. The fourth-order valence-electron chi connectivity index (χ4n) is 1.54. The van der Waals surface area contributed by atoms with Crippen LogP contribution in [0.15, 0.2) is 0 Å². The van der Waals surface area contributed by atoms with Gasteiger partial charge in [0.2, 0.25) is 0 Å². The average Bonchev–Trinajstić information content (AvgIpc) is 2.67. The van der Waals surface area contributed by atoms with Gasteiger partial charge in [-0.05, 0) is 26.3 Å². The van der Waals surface area contributed by atoms with Crippen molar-refractivity contribution in [3.05, 3.63) is 22.5 Å². The summed E-state index contributed by atoms with van der Waals surface area (Å²) in [7, 11) is 0. The lowest BCUT2D eigenvalue weighted by Gasteiger charge is -2.02. The van der Waals surface area contributed by atoms with Crippen LogP contribution in [0.2, 0.25) is 0 Å². The van der Waals surface area contributed by atoms with Crippen molar-refractivity contribution in [3.8, 4) is 6.07 Å². The van der Waals surface area contributed by atoms with Crippen LogP contribution in [0.4, 0.5) is 0 Å². The Morgan fingerprint density at radius 2 is 1.78 bits per heavy atom. The maximum atomic E-state index is 11.7. The van der Waals surface area contributed by atoms with Gasteiger partial charge in [-0.25, -0.2) is 9.59 Å². The standard InChI is InChI=1S/C12H14N2O4/c1-4-17-11(15)9-7(3)10(12(16)18-5-2)14-8(9)6-13/h14H,4-5H2,1-3H3. The second-order valence-electron chi connectivity index (χ2n) is 3.43. The molecule has 0 saturated heterocycles. The van der Waals surface area contributed by atoms with E-state index in [4.69, 9.17) is 14.7 Å². The molecule has 0 aliphatic carbocycles. The maximum absolute atomic E-state index is 11.7. The van der Waals surface area contributed by atoms with Gasteiger partial charge in [-0.3, -0.25) is 0 Å². The van der Waals surface area contributed by atoms with Gasteiger partial charge in [0.25, 0.3) is 0 Å². The fourth-order valence-corrected chi connectivity index (χ4v) is 1.54. The molecule has 1 rings (SSSR count). The van der Waals surface area contributed by atoms with Crippen molar-refractivity contribution in [2.75, 3.05) is 13.2 Å². The number of hydrogen-bond donors (Lipinski definition) is 1. The summed E-state index contributed by atoms with van der Waals surface area (Å²) in [6.45, 7) is 5.32. The number of aromatic nitrogens is 1. The lowest BCUT2D eigenvalue weighted by molar-refractivity contribution is 0.0518. The fraction of sp³-hybridized carbons (Fsp3) is 0.417. The normalized spacial score (nSPS) is 9.67. The molecule has 0 saturated carbocycles. The summed E-state index contributed by atoms with van der Waals surface area (Å²) in [6, 6.07) is 1.83. The highest BCUT2D eigenvalue weighted by Crippen LogP contribution is 2.19. The van der Waals surface area contributed by atoms with E-state index in [9.17, 15) is 9.59 Å². The first-order valence-electron chi connectivity index (χ1n) is 5.53. The number of ether oxygens (including phenoxy) is 2.